The molecular formula is C11H7BrN4O2. The second-order valence-electron chi connectivity index (χ2n) is 3.54. The fourth-order valence-electron chi connectivity index (χ4n) is 1.56. The van der Waals surface area contributed by atoms with Gasteiger partial charge in [-0.1, -0.05) is 0 Å². The highest BCUT2D eigenvalue weighted by Gasteiger charge is 2.18. The van der Waals surface area contributed by atoms with Gasteiger partial charge in [0, 0.05) is 11.8 Å². The highest BCUT2D eigenvalue weighted by atomic mass is 79.9. The van der Waals surface area contributed by atoms with Crippen molar-refractivity contribution in [3.05, 3.63) is 50.4 Å². The third kappa shape index (κ3) is 1.87. The molecule has 2 rings (SSSR count). The number of nitrogens with zero attached hydrogens (tertiary/aromatic N) is 4. The Hall–Kier alpha value is -2.20. The minimum absolute atomic E-state index is 0.0590. The summed E-state index contributed by atoms with van der Waals surface area (Å²) in [4.78, 5) is 14.3. The lowest BCUT2D eigenvalue weighted by Crippen LogP contribution is -2.03. The standard InChI is InChI=1S/C11H7BrN4O2/c1-7-9(16(17)18)6-14-11(10(7)12)15-4-2-3-8(15)5-13/h2-4,6H,1H3. The van der Waals surface area contributed by atoms with Crippen molar-refractivity contribution in [2.45, 2.75) is 6.92 Å². The lowest BCUT2D eigenvalue weighted by molar-refractivity contribution is -0.385. The fourth-order valence-corrected chi connectivity index (χ4v) is 2.06. The Labute approximate surface area is 111 Å². The van der Waals surface area contributed by atoms with E-state index in [0.29, 0.717) is 21.5 Å². The number of halogens is 1. The Bertz CT molecular complexity index is 672. The number of hydrogen-bond acceptors (Lipinski definition) is 4. The van der Waals surface area contributed by atoms with Crippen molar-refractivity contribution in [1.29, 1.82) is 5.26 Å². The molecule has 0 radical (unpaired) electrons. The van der Waals surface area contributed by atoms with Gasteiger partial charge in [0.2, 0.25) is 0 Å². The zero-order chi connectivity index (χ0) is 13.3. The third-order valence-corrected chi connectivity index (χ3v) is 3.46. The van der Waals surface area contributed by atoms with Crippen LogP contribution in [0.15, 0.2) is 29.0 Å². The van der Waals surface area contributed by atoms with Gasteiger partial charge < -0.3 is 0 Å². The summed E-state index contributed by atoms with van der Waals surface area (Å²) >= 11 is 3.29. The molecule has 2 aromatic rings. The van der Waals surface area contributed by atoms with E-state index in [1.165, 1.54) is 6.20 Å². The molecule has 2 heterocycles. The Morgan fingerprint density at radius 2 is 2.33 bits per heavy atom. The molecule has 0 aliphatic carbocycles. The van der Waals surface area contributed by atoms with E-state index in [4.69, 9.17) is 5.26 Å². The number of aromatic nitrogens is 2. The molecule has 18 heavy (non-hydrogen) atoms. The summed E-state index contributed by atoms with van der Waals surface area (Å²) in [5.74, 6) is 0.458. The minimum Gasteiger partial charge on any atom is -0.292 e. The normalized spacial score (nSPS) is 10.1. The predicted octanol–water partition coefficient (Wildman–Crippen LogP) is 2.72. The van der Waals surface area contributed by atoms with Crippen LogP contribution in [0, 0.1) is 28.4 Å². The van der Waals surface area contributed by atoms with Gasteiger partial charge in [0.1, 0.15) is 18.0 Å². The van der Waals surface area contributed by atoms with Gasteiger partial charge in [0.25, 0.3) is 5.69 Å². The molecule has 7 heteroatoms. The zero-order valence-electron chi connectivity index (χ0n) is 9.29. The molecule has 6 nitrogen and oxygen atoms in total. The summed E-state index contributed by atoms with van der Waals surface area (Å²) in [7, 11) is 0. The highest BCUT2D eigenvalue weighted by molar-refractivity contribution is 9.10. The quantitative estimate of drug-likeness (QED) is 0.630. The number of rotatable bonds is 2. The lowest BCUT2D eigenvalue weighted by atomic mass is 10.2. The van der Waals surface area contributed by atoms with Crippen LogP contribution in [0.4, 0.5) is 5.69 Å². The maximum Gasteiger partial charge on any atom is 0.291 e. The topological polar surface area (TPSA) is 84.8 Å². The van der Waals surface area contributed by atoms with E-state index in [1.54, 1.807) is 29.8 Å². The first-order valence-electron chi connectivity index (χ1n) is 4.93. The van der Waals surface area contributed by atoms with E-state index < -0.39 is 4.92 Å². The van der Waals surface area contributed by atoms with Crippen molar-refractivity contribution in [2.24, 2.45) is 0 Å². The first kappa shape index (κ1) is 12.3. The number of nitriles is 1. The molecule has 0 fully saturated rings. The van der Waals surface area contributed by atoms with Gasteiger partial charge in [-0.05, 0) is 35.0 Å². The largest absolute Gasteiger partial charge is 0.292 e. The Morgan fingerprint density at radius 3 is 2.94 bits per heavy atom. The van der Waals surface area contributed by atoms with Crippen molar-refractivity contribution in [2.75, 3.05) is 0 Å². The molecule has 90 valence electrons. The summed E-state index contributed by atoms with van der Waals surface area (Å²) < 4.78 is 2.07. The number of hydrogen-bond donors (Lipinski definition) is 0. The fraction of sp³-hybridized carbons (Fsp3) is 0.0909. The molecule has 0 unspecified atom stereocenters. The summed E-state index contributed by atoms with van der Waals surface area (Å²) in [6.07, 6.45) is 2.87. The summed E-state index contributed by atoms with van der Waals surface area (Å²) in [6, 6.07) is 5.38. The molecule has 0 spiro atoms. The van der Waals surface area contributed by atoms with Gasteiger partial charge in [-0.2, -0.15) is 5.26 Å². The molecule has 0 saturated carbocycles. The molecule has 0 aromatic carbocycles. The number of nitro groups is 1. The van der Waals surface area contributed by atoms with Gasteiger partial charge in [-0.3, -0.25) is 14.7 Å². The maximum atomic E-state index is 10.8. The summed E-state index contributed by atoms with van der Waals surface area (Å²) in [5.41, 5.74) is 0.829. The molecule has 0 amide bonds. The SMILES string of the molecule is Cc1c([N+](=O)[O-])cnc(-n2cccc2C#N)c1Br. The smallest absolute Gasteiger partial charge is 0.291 e. The summed E-state index contributed by atoms with van der Waals surface area (Å²) in [5, 5.41) is 19.7. The molecule has 0 aliphatic heterocycles. The van der Waals surface area contributed by atoms with Gasteiger partial charge in [-0.25, -0.2) is 4.98 Å². The summed E-state index contributed by atoms with van der Waals surface area (Å²) in [6.45, 7) is 1.63. The molecule has 0 N–H and O–H groups in total. The highest BCUT2D eigenvalue weighted by Crippen LogP contribution is 2.30. The molecule has 0 bridgehead atoms. The van der Waals surface area contributed by atoms with Crippen LogP contribution >= 0.6 is 15.9 Å². The lowest BCUT2D eigenvalue weighted by Gasteiger charge is -2.08. The van der Waals surface area contributed by atoms with Crippen molar-refractivity contribution in [1.82, 2.24) is 9.55 Å². The van der Waals surface area contributed by atoms with Crippen LogP contribution in [-0.2, 0) is 0 Å². The van der Waals surface area contributed by atoms with Gasteiger partial charge in [0.05, 0.1) is 9.40 Å². The Morgan fingerprint density at radius 1 is 1.61 bits per heavy atom. The molecule has 0 aliphatic rings. The van der Waals surface area contributed by atoms with Gasteiger partial charge >= 0.3 is 0 Å². The minimum atomic E-state index is -0.488. The average molecular weight is 307 g/mol. The Kier molecular flexibility index (Phi) is 3.12. The van der Waals surface area contributed by atoms with E-state index in [1.807, 2.05) is 6.07 Å². The Balaban J connectivity index is 2.65. The predicted molar refractivity (Wildman–Crippen MR) is 67.4 cm³/mol. The van der Waals surface area contributed by atoms with E-state index >= 15 is 0 Å². The maximum absolute atomic E-state index is 10.8. The first-order valence-corrected chi connectivity index (χ1v) is 5.73. The number of pyridine rings is 1. The van der Waals surface area contributed by atoms with Crippen LogP contribution < -0.4 is 0 Å². The van der Waals surface area contributed by atoms with Crippen molar-refractivity contribution in [3.8, 4) is 11.9 Å². The van der Waals surface area contributed by atoms with Gasteiger partial charge in [-0.15, -0.1) is 0 Å². The van der Waals surface area contributed by atoms with Crippen molar-refractivity contribution < 1.29 is 4.92 Å². The van der Waals surface area contributed by atoms with Crippen molar-refractivity contribution in [3.63, 3.8) is 0 Å². The average Bonchev–Trinajstić information content (AvgIpc) is 2.80. The second-order valence-corrected chi connectivity index (χ2v) is 4.33. The molecule has 0 saturated heterocycles. The zero-order valence-corrected chi connectivity index (χ0v) is 10.9. The molecule has 0 atom stereocenters. The van der Waals surface area contributed by atoms with Gasteiger partial charge in [0.15, 0.2) is 5.82 Å². The van der Waals surface area contributed by atoms with Crippen LogP contribution in [0.2, 0.25) is 0 Å². The monoisotopic (exact) mass is 306 g/mol. The van der Waals surface area contributed by atoms with E-state index in [-0.39, 0.29) is 5.69 Å². The van der Waals surface area contributed by atoms with Crippen LogP contribution in [0.5, 0.6) is 0 Å². The van der Waals surface area contributed by atoms with Crippen molar-refractivity contribution >= 4 is 21.6 Å². The van der Waals surface area contributed by atoms with Crippen LogP contribution in [0.1, 0.15) is 11.3 Å². The van der Waals surface area contributed by atoms with Crippen LogP contribution in [0.25, 0.3) is 5.82 Å². The molecular weight excluding hydrogens is 300 g/mol. The van der Waals surface area contributed by atoms with Crippen LogP contribution in [0.3, 0.4) is 0 Å². The molecule has 2 aromatic heterocycles. The van der Waals surface area contributed by atoms with E-state index in [2.05, 4.69) is 20.9 Å². The van der Waals surface area contributed by atoms with E-state index in [9.17, 15) is 10.1 Å². The second kappa shape index (κ2) is 4.58. The van der Waals surface area contributed by atoms with E-state index in [0.717, 1.165) is 0 Å². The van der Waals surface area contributed by atoms with Crippen LogP contribution in [-0.4, -0.2) is 14.5 Å². The first-order chi connectivity index (χ1) is 8.56. The third-order valence-electron chi connectivity index (χ3n) is 2.51.